The average Bonchev–Trinajstić information content (AvgIpc) is 2.91. The number of anilines is 1. The van der Waals surface area contributed by atoms with Crippen LogP contribution in [0.25, 0.3) is 10.2 Å². The van der Waals surface area contributed by atoms with Crippen LogP contribution in [-0.4, -0.2) is 10.7 Å². The fourth-order valence-corrected chi connectivity index (χ4v) is 2.69. The lowest BCUT2D eigenvalue weighted by Gasteiger charge is -1.94. The van der Waals surface area contributed by atoms with Crippen LogP contribution in [-0.2, 0) is 0 Å². The number of thiazole rings is 1. The fourth-order valence-electron chi connectivity index (χ4n) is 1.88. The summed E-state index contributed by atoms with van der Waals surface area (Å²) in [4.78, 5) is 4.47. The van der Waals surface area contributed by atoms with Gasteiger partial charge in [-0.1, -0.05) is 29.0 Å². The number of para-hydroxylation sites is 1. The Hall–Kier alpha value is -1.68. The smallest absolute Gasteiger partial charge is 0.204 e. The molecule has 1 aromatic heterocycles. The zero-order valence-electron chi connectivity index (χ0n) is 9.60. The van der Waals surface area contributed by atoms with E-state index in [1.165, 1.54) is 10.3 Å². The van der Waals surface area contributed by atoms with Gasteiger partial charge in [-0.3, -0.25) is 5.43 Å². The van der Waals surface area contributed by atoms with E-state index in [1.54, 1.807) is 11.3 Å². The molecule has 1 aliphatic rings. The van der Waals surface area contributed by atoms with Crippen LogP contribution in [0.4, 0.5) is 5.13 Å². The van der Waals surface area contributed by atoms with Gasteiger partial charge in [-0.2, -0.15) is 5.10 Å². The predicted molar refractivity (Wildman–Crippen MR) is 73.7 cm³/mol. The third kappa shape index (κ3) is 2.22. The second-order valence-corrected chi connectivity index (χ2v) is 5.22. The molecule has 86 valence electrons. The van der Waals surface area contributed by atoms with Crippen molar-refractivity contribution in [3.8, 4) is 0 Å². The fraction of sp³-hybridized carbons (Fsp3) is 0.231. The topological polar surface area (TPSA) is 37.3 Å². The maximum Gasteiger partial charge on any atom is 0.204 e. The number of hydrazone groups is 1. The van der Waals surface area contributed by atoms with Crippen molar-refractivity contribution in [1.29, 1.82) is 0 Å². The molecule has 0 spiro atoms. The first-order valence-electron chi connectivity index (χ1n) is 5.66. The lowest BCUT2D eigenvalue weighted by atomic mass is 10.3. The summed E-state index contributed by atoms with van der Waals surface area (Å²) < 4.78 is 1.19. The zero-order valence-corrected chi connectivity index (χ0v) is 10.4. The summed E-state index contributed by atoms with van der Waals surface area (Å²) in [6.45, 7) is 2.14. The minimum Gasteiger partial charge on any atom is -0.252 e. The summed E-state index contributed by atoms with van der Waals surface area (Å²) in [7, 11) is 0. The SMILES string of the molecule is CC1=C/C(=N/Nc2nc3ccccc3s2)CC1. The van der Waals surface area contributed by atoms with Gasteiger partial charge in [-0.25, -0.2) is 4.98 Å². The van der Waals surface area contributed by atoms with Gasteiger partial charge in [0.25, 0.3) is 0 Å². The van der Waals surface area contributed by atoms with Crippen LogP contribution < -0.4 is 5.43 Å². The largest absolute Gasteiger partial charge is 0.252 e. The van der Waals surface area contributed by atoms with E-state index in [0.29, 0.717) is 0 Å². The van der Waals surface area contributed by atoms with E-state index in [0.717, 1.165) is 29.2 Å². The van der Waals surface area contributed by atoms with Gasteiger partial charge in [0.15, 0.2) is 0 Å². The summed E-state index contributed by atoms with van der Waals surface area (Å²) in [6.07, 6.45) is 4.30. The first-order chi connectivity index (χ1) is 8.31. The molecule has 0 saturated carbocycles. The van der Waals surface area contributed by atoms with Crippen molar-refractivity contribution in [2.45, 2.75) is 19.8 Å². The van der Waals surface area contributed by atoms with Gasteiger partial charge < -0.3 is 0 Å². The molecule has 2 aromatic rings. The lowest BCUT2D eigenvalue weighted by molar-refractivity contribution is 1.05. The van der Waals surface area contributed by atoms with Crippen molar-refractivity contribution in [1.82, 2.24) is 4.98 Å². The van der Waals surface area contributed by atoms with Crippen molar-refractivity contribution in [3.05, 3.63) is 35.9 Å². The molecule has 0 bridgehead atoms. The number of nitrogens with one attached hydrogen (secondary N) is 1. The number of aromatic nitrogens is 1. The van der Waals surface area contributed by atoms with Crippen LogP contribution in [0.5, 0.6) is 0 Å². The minimum atomic E-state index is 0.858. The number of fused-ring (bicyclic) bond motifs is 1. The van der Waals surface area contributed by atoms with E-state index in [9.17, 15) is 0 Å². The van der Waals surface area contributed by atoms with E-state index >= 15 is 0 Å². The Balaban J connectivity index is 1.81. The molecular weight excluding hydrogens is 230 g/mol. The first kappa shape index (κ1) is 10.5. The quantitative estimate of drug-likeness (QED) is 0.814. The Morgan fingerprint density at radius 3 is 2.94 bits per heavy atom. The van der Waals surface area contributed by atoms with Crippen molar-refractivity contribution in [3.63, 3.8) is 0 Å². The zero-order chi connectivity index (χ0) is 11.7. The molecule has 17 heavy (non-hydrogen) atoms. The van der Waals surface area contributed by atoms with E-state index in [2.05, 4.69) is 34.6 Å². The number of nitrogens with zero attached hydrogens (tertiary/aromatic N) is 2. The Kier molecular flexibility index (Phi) is 2.65. The van der Waals surface area contributed by atoms with Crippen LogP contribution in [0.15, 0.2) is 41.0 Å². The standard InChI is InChI=1S/C13H13N3S/c1-9-6-7-10(8-9)15-16-13-14-11-4-2-3-5-12(11)17-13/h2-5,8H,6-7H2,1H3,(H,14,16)/b15-10+. The highest BCUT2D eigenvalue weighted by atomic mass is 32.1. The van der Waals surface area contributed by atoms with Crippen molar-refractivity contribution in [2.75, 3.05) is 5.43 Å². The number of hydrogen-bond donors (Lipinski definition) is 1. The van der Waals surface area contributed by atoms with E-state index in [1.807, 2.05) is 18.2 Å². The highest BCUT2D eigenvalue weighted by Crippen LogP contribution is 2.25. The second kappa shape index (κ2) is 4.30. The molecule has 0 unspecified atom stereocenters. The maximum absolute atomic E-state index is 4.47. The van der Waals surface area contributed by atoms with Crippen LogP contribution in [0.2, 0.25) is 0 Å². The minimum absolute atomic E-state index is 0.858. The van der Waals surface area contributed by atoms with Crippen LogP contribution in [0.3, 0.4) is 0 Å². The third-order valence-corrected chi connectivity index (χ3v) is 3.72. The Morgan fingerprint density at radius 2 is 2.18 bits per heavy atom. The average molecular weight is 243 g/mol. The number of allylic oxidation sites excluding steroid dienone is 2. The van der Waals surface area contributed by atoms with Gasteiger partial charge in [0.05, 0.1) is 15.9 Å². The van der Waals surface area contributed by atoms with Crippen LogP contribution in [0, 0.1) is 0 Å². The number of rotatable bonds is 2. The molecular formula is C13H13N3S. The highest BCUT2D eigenvalue weighted by Gasteiger charge is 2.07. The molecule has 3 rings (SSSR count). The molecule has 1 heterocycles. The van der Waals surface area contributed by atoms with Gasteiger partial charge in [0, 0.05) is 0 Å². The Bertz CT molecular complexity index is 577. The molecule has 0 saturated heterocycles. The maximum atomic E-state index is 4.47. The molecule has 0 fully saturated rings. The van der Waals surface area contributed by atoms with Crippen LogP contribution in [0.1, 0.15) is 19.8 Å². The Morgan fingerprint density at radius 1 is 1.29 bits per heavy atom. The lowest BCUT2D eigenvalue weighted by Crippen LogP contribution is -1.94. The summed E-state index contributed by atoms with van der Waals surface area (Å²) in [5.41, 5.74) is 6.58. The molecule has 4 heteroatoms. The molecule has 1 N–H and O–H groups in total. The summed E-state index contributed by atoms with van der Waals surface area (Å²) in [5.74, 6) is 0. The van der Waals surface area contributed by atoms with Gasteiger partial charge in [-0.15, -0.1) is 0 Å². The van der Waals surface area contributed by atoms with E-state index in [4.69, 9.17) is 0 Å². The van der Waals surface area contributed by atoms with Gasteiger partial charge in [-0.05, 0) is 38.0 Å². The molecule has 0 aliphatic heterocycles. The summed E-state index contributed by atoms with van der Waals surface area (Å²) in [6, 6.07) is 8.12. The van der Waals surface area contributed by atoms with Crippen molar-refractivity contribution < 1.29 is 0 Å². The third-order valence-electron chi connectivity index (χ3n) is 2.78. The molecule has 0 atom stereocenters. The van der Waals surface area contributed by atoms with Crippen molar-refractivity contribution >= 4 is 32.4 Å². The first-order valence-corrected chi connectivity index (χ1v) is 6.48. The van der Waals surface area contributed by atoms with Gasteiger partial charge in [0.1, 0.15) is 0 Å². The Labute approximate surface area is 104 Å². The molecule has 1 aliphatic carbocycles. The number of hydrogen-bond acceptors (Lipinski definition) is 4. The summed E-state index contributed by atoms with van der Waals surface area (Å²) in [5, 5.41) is 5.24. The molecule has 0 radical (unpaired) electrons. The number of benzene rings is 1. The second-order valence-electron chi connectivity index (χ2n) is 4.19. The van der Waals surface area contributed by atoms with Crippen molar-refractivity contribution in [2.24, 2.45) is 5.10 Å². The normalized spacial score (nSPS) is 17.7. The van der Waals surface area contributed by atoms with E-state index < -0.39 is 0 Å². The molecule has 0 amide bonds. The monoisotopic (exact) mass is 243 g/mol. The van der Waals surface area contributed by atoms with E-state index in [-0.39, 0.29) is 0 Å². The summed E-state index contributed by atoms with van der Waals surface area (Å²) >= 11 is 1.63. The predicted octanol–water partition coefficient (Wildman–Crippen LogP) is 3.80. The van der Waals surface area contributed by atoms with Crippen LogP contribution >= 0.6 is 11.3 Å². The molecule has 1 aromatic carbocycles. The van der Waals surface area contributed by atoms with Gasteiger partial charge in [0.2, 0.25) is 5.13 Å². The molecule has 3 nitrogen and oxygen atoms in total. The van der Waals surface area contributed by atoms with Gasteiger partial charge >= 0.3 is 0 Å². The highest BCUT2D eigenvalue weighted by molar-refractivity contribution is 7.22.